The number of carbonyl (C=O) groups excluding carboxylic acids is 2. The molecule has 0 spiro atoms. The lowest BCUT2D eigenvalue weighted by molar-refractivity contribution is -0.128. The molecule has 2 N–H and O–H groups in total. The number of nitrogens with zero attached hydrogens (tertiary/aromatic N) is 1. The molecular formula is C19H17N3O3S. The predicted octanol–water partition coefficient (Wildman–Crippen LogP) is 3.64. The van der Waals surface area contributed by atoms with E-state index in [9.17, 15) is 9.59 Å². The number of aromatic nitrogens is 1. The van der Waals surface area contributed by atoms with Crippen molar-refractivity contribution in [3.8, 4) is 5.75 Å². The van der Waals surface area contributed by atoms with Gasteiger partial charge >= 0.3 is 0 Å². The summed E-state index contributed by atoms with van der Waals surface area (Å²) in [6.07, 6.45) is -0.935. The van der Waals surface area contributed by atoms with Gasteiger partial charge in [-0.05, 0) is 49.2 Å². The first kappa shape index (κ1) is 16.5. The highest BCUT2D eigenvalue weighted by Crippen LogP contribution is 2.31. The summed E-state index contributed by atoms with van der Waals surface area (Å²) in [6.45, 7) is 3.95. The number of anilines is 2. The van der Waals surface area contributed by atoms with Gasteiger partial charge < -0.3 is 15.4 Å². The largest absolute Gasteiger partial charge is 0.478 e. The maximum absolute atomic E-state index is 12.3. The van der Waals surface area contributed by atoms with Gasteiger partial charge in [0.05, 0.1) is 22.3 Å². The van der Waals surface area contributed by atoms with E-state index >= 15 is 0 Å². The van der Waals surface area contributed by atoms with Crippen molar-refractivity contribution >= 4 is 44.2 Å². The summed E-state index contributed by atoms with van der Waals surface area (Å²) in [6, 6.07) is 11.5. The van der Waals surface area contributed by atoms with Crippen LogP contribution in [0.15, 0.2) is 36.4 Å². The van der Waals surface area contributed by atoms with Crippen LogP contribution in [-0.4, -0.2) is 22.9 Å². The Morgan fingerprint density at radius 2 is 2.00 bits per heavy atom. The first-order valence-corrected chi connectivity index (χ1v) is 9.05. The standard InChI is InChI=1S/C19H17N3O3S/c1-10-4-6-14-13(7-10)20-18(24)15(25-14)9-17(23)22-19-21-12-5-3-11(2)8-16(12)26-19/h3-8,15H,9H2,1-2H3,(H,20,24)(H,21,22,23). The van der Waals surface area contributed by atoms with Crippen molar-refractivity contribution in [3.05, 3.63) is 47.5 Å². The highest BCUT2D eigenvalue weighted by molar-refractivity contribution is 7.22. The van der Waals surface area contributed by atoms with Crippen LogP contribution in [0, 0.1) is 13.8 Å². The van der Waals surface area contributed by atoms with Crippen LogP contribution in [-0.2, 0) is 9.59 Å². The molecule has 0 saturated heterocycles. The van der Waals surface area contributed by atoms with E-state index in [-0.39, 0.29) is 18.2 Å². The second kappa shape index (κ2) is 6.42. The topological polar surface area (TPSA) is 80.3 Å². The quantitative estimate of drug-likeness (QED) is 0.741. The lowest BCUT2D eigenvalue weighted by Crippen LogP contribution is -2.39. The fraction of sp³-hybridized carbons (Fsp3) is 0.211. The minimum atomic E-state index is -0.859. The average molecular weight is 367 g/mol. The molecule has 0 aliphatic carbocycles. The zero-order chi connectivity index (χ0) is 18.3. The van der Waals surface area contributed by atoms with E-state index in [4.69, 9.17) is 4.74 Å². The van der Waals surface area contributed by atoms with Crippen molar-refractivity contribution in [3.63, 3.8) is 0 Å². The Hall–Kier alpha value is -2.93. The summed E-state index contributed by atoms with van der Waals surface area (Å²) in [5.41, 5.74) is 3.63. The normalized spacial score (nSPS) is 15.9. The van der Waals surface area contributed by atoms with E-state index < -0.39 is 6.10 Å². The van der Waals surface area contributed by atoms with E-state index in [0.717, 1.165) is 21.3 Å². The lowest BCUT2D eigenvalue weighted by atomic mass is 10.1. The SMILES string of the molecule is Cc1ccc2c(c1)NC(=O)C(CC(=O)Nc1nc3ccc(C)cc3s1)O2. The van der Waals surface area contributed by atoms with Gasteiger partial charge in [-0.15, -0.1) is 0 Å². The molecule has 2 heterocycles. The monoisotopic (exact) mass is 367 g/mol. The molecular weight excluding hydrogens is 350 g/mol. The third kappa shape index (κ3) is 3.25. The number of hydrogen-bond donors (Lipinski definition) is 2. The van der Waals surface area contributed by atoms with Crippen LogP contribution in [0.2, 0.25) is 0 Å². The Balaban J connectivity index is 1.45. The molecule has 2 amide bonds. The van der Waals surface area contributed by atoms with Crippen LogP contribution in [0.4, 0.5) is 10.8 Å². The van der Waals surface area contributed by atoms with Gasteiger partial charge in [0.1, 0.15) is 5.75 Å². The lowest BCUT2D eigenvalue weighted by Gasteiger charge is -2.25. The third-order valence-corrected chi connectivity index (χ3v) is 5.05. The van der Waals surface area contributed by atoms with Crippen LogP contribution in [0.1, 0.15) is 17.5 Å². The first-order valence-electron chi connectivity index (χ1n) is 8.23. The van der Waals surface area contributed by atoms with Crippen molar-refractivity contribution in [1.82, 2.24) is 4.98 Å². The highest BCUT2D eigenvalue weighted by atomic mass is 32.1. The van der Waals surface area contributed by atoms with E-state index in [1.165, 1.54) is 11.3 Å². The predicted molar refractivity (Wildman–Crippen MR) is 102 cm³/mol. The molecule has 1 unspecified atom stereocenters. The summed E-state index contributed by atoms with van der Waals surface area (Å²) < 4.78 is 6.70. The van der Waals surface area contributed by atoms with E-state index in [1.54, 1.807) is 6.07 Å². The number of amides is 2. The van der Waals surface area contributed by atoms with E-state index in [0.29, 0.717) is 16.6 Å². The van der Waals surface area contributed by atoms with Gasteiger partial charge in [-0.3, -0.25) is 9.59 Å². The van der Waals surface area contributed by atoms with E-state index in [1.807, 2.05) is 44.2 Å². The maximum Gasteiger partial charge on any atom is 0.266 e. The Kier molecular flexibility index (Phi) is 4.08. The van der Waals surface area contributed by atoms with Crippen LogP contribution in [0.5, 0.6) is 5.75 Å². The number of rotatable bonds is 3. The average Bonchev–Trinajstić information content (AvgIpc) is 2.96. The zero-order valence-electron chi connectivity index (χ0n) is 14.3. The fourth-order valence-corrected chi connectivity index (χ4v) is 3.80. The highest BCUT2D eigenvalue weighted by Gasteiger charge is 2.30. The van der Waals surface area contributed by atoms with Gasteiger partial charge in [-0.2, -0.15) is 0 Å². The van der Waals surface area contributed by atoms with Gasteiger partial charge in [-0.25, -0.2) is 4.98 Å². The fourth-order valence-electron chi connectivity index (χ4n) is 2.82. The summed E-state index contributed by atoms with van der Waals surface area (Å²) >= 11 is 1.41. The van der Waals surface area contributed by atoms with E-state index in [2.05, 4.69) is 15.6 Å². The van der Waals surface area contributed by atoms with Gasteiger partial charge in [0.2, 0.25) is 5.91 Å². The summed E-state index contributed by atoms with van der Waals surface area (Å²) in [5, 5.41) is 6.07. The molecule has 0 bridgehead atoms. The number of hydrogen-bond acceptors (Lipinski definition) is 5. The molecule has 132 valence electrons. The number of nitrogens with one attached hydrogen (secondary N) is 2. The van der Waals surface area contributed by atoms with Gasteiger partial charge in [0.15, 0.2) is 11.2 Å². The molecule has 3 aromatic rings. The van der Waals surface area contributed by atoms with Crippen molar-refractivity contribution in [1.29, 1.82) is 0 Å². The molecule has 1 aliphatic rings. The second-order valence-electron chi connectivity index (χ2n) is 6.34. The number of ether oxygens (including phenoxy) is 1. The number of thiazole rings is 1. The molecule has 1 atom stereocenters. The molecule has 7 heteroatoms. The number of carbonyl (C=O) groups is 2. The zero-order valence-corrected chi connectivity index (χ0v) is 15.1. The minimum absolute atomic E-state index is 0.0753. The van der Waals surface area contributed by atoms with Crippen molar-refractivity contribution in [2.75, 3.05) is 10.6 Å². The molecule has 2 aromatic carbocycles. The molecule has 0 fully saturated rings. The molecule has 4 rings (SSSR count). The first-order chi connectivity index (χ1) is 12.5. The molecule has 26 heavy (non-hydrogen) atoms. The maximum atomic E-state index is 12.3. The summed E-state index contributed by atoms with van der Waals surface area (Å²) in [5.74, 6) is -0.0573. The number of aryl methyl sites for hydroxylation is 2. The Morgan fingerprint density at radius 3 is 2.85 bits per heavy atom. The smallest absolute Gasteiger partial charge is 0.266 e. The molecule has 1 aromatic heterocycles. The molecule has 0 radical (unpaired) electrons. The number of fused-ring (bicyclic) bond motifs is 2. The molecule has 6 nitrogen and oxygen atoms in total. The van der Waals surface area contributed by atoms with Gasteiger partial charge in [0.25, 0.3) is 5.91 Å². The summed E-state index contributed by atoms with van der Waals surface area (Å²) in [4.78, 5) is 28.9. The summed E-state index contributed by atoms with van der Waals surface area (Å²) in [7, 11) is 0. The number of benzene rings is 2. The molecule has 1 aliphatic heterocycles. The van der Waals surface area contributed by atoms with Crippen LogP contribution >= 0.6 is 11.3 Å². The molecule has 0 saturated carbocycles. The van der Waals surface area contributed by atoms with Crippen molar-refractivity contribution in [2.24, 2.45) is 0 Å². The van der Waals surface area contributed by atoms with Crippen molar-refractivity contribution < 1.29 is 14.3 Å². The third-order valence-electron chi connectivity index (χ3n) is 4.12. The second-order valence-corrected chi connectivity index (χ2v) is 7.37. The van der Waals surface area contributed by atoms with Gasteiger partial charge in [0, 0.05) is 0 Å². The Morgan fingerprint density at radius 1 is 1.23 bits per heavy atom. The van der Waals surface area contributed by atoms with Gasteiger partial charge in [-0.1, -0.05) is 23.5 Å². The Bertz CT molecular complexity index is 1030. The van der Waals surface area contributed by atoms with Crippen LogP contribution in [0.25, 0.3) is 10.2 Å². The van der Waals surface area contributed by atoms with Crippen molar-refractivity contribution in [2.45, 2.75) is 26.4 Å². The van der Waals surface area contributed by atoms with Crippen LogP contribution < -0.4 is 15.4 Å². The Labute approximate surface area is 154 Å². The minimum Gasteiger partial charge on any atom is -0.478 e. The van der Waals surface area contributed by atoms with Crippen LogP contribution in [0.3, 0.4) is 0 Å².